The molecule has 1 heterocycles. The third-order valence-corrected chi connectivity index (χ3v) is 4.59. The molecule has 2 aromatic carbocycles. The quantitative estimate of drug-likeness (QED) is 0.300. The molecule has 0 radical (unpaired) electrons. The first-order valence-electron chi connectivity index (χ1n) is 9.67. The van der Waals surface area contributed by atoms with Gasteiger partial charge in [-0.05, 0) is 18.6 Å². The third-order valence-electron chi connectivity index (χ3n) is 4.59. The van der Waals surface area contributed by atoms with Crippen molar-refractivity contribution in [1.29, 1.82) is 0 Å². The Labute approximate surface area is 172 Å². The highest BCUT2D eigenvalue weighted by Crippen LogP contribution is 2.27. The van der Waals surface area contributed by atoms with Crippen molar-refractivity contribution in [2.75, 3.05) is 13.2 Å². The van der Waals surface area contributed by atoms with Crippen molar-refractivity contribution in [2.45, 2.75) is 32.5 Å². The minimum Gasteiger partial charge on any atom is -0.417 e. The van der Waals surface area contributed by atoms with Gasteiger partial charge in [0.15, 0.2) is 23.7 Å². The Bertz CT molecular complexity index is 916. The van der Waals surface area contributed by atoms with Crippen molar-refractivity contribution >= 4 is 5.97 Å². The molecular weight excluding hydrogens is 397 g/mol. The summed E-state index contributed by atoms with van der Waals surface area (Å²) in [6, 6.07) is 8.12. The van der Waals surface area contributed by atoms with E-state index in [2.05, 4.69) is 18.8 Å². The van der Waals surface area contributed by atoms with Crippen molar-refractivity contribution in [3.63, 3.8) is 0 Å². The highest BCUT2D eigenvalue weighted by Gasteiger charge is 2.23. The molecule has 0 unspecified atom stereocenters. The van der Waals surface area contributed by atoms with Gasteiger partial charge in [-0.15, -0.1) is 0 Å². The van der Waals surface area contributed by atoms with Crippen LogP contribution in [0, 0.1) is 35.2 Å². The monoisotopic (exact) mass is 418 g/mol. The van der Waals surface area contributed by atoms with Gasteiger partial charge in [0.25, 0.3) is 0 Å². The van der Waals surface area contributed by atoms with E-state index in [0.29, 0.717) is 36.8 Å². The smallest absolute Gasteiger partial charge is 0.390 e. The fourth-order valence-electron chi connectivity index (χ4n) is 2.97. The number of rotatable bonds is 5. The second-order valence-corrected chi connectivity index (χ2v) is 6.97. The molecule has 2 aromatic rings. The lowest BCUT2D eigenvalue weighted by atomic mass is 10.0. The third kappa shape index (κ3) is 5.85. The van der Waals surface area contributed by atoms with Gasteiger partial charge >= 0.3 is 5.97 Å². The molecule has 1 aliphatic heterocycles. The fourth-order valence-corrected chi connectivity index (χ4v) is 2.97. The summed E-state index contributed by atoms with van der Waals surface area (Å²) in [7, 11) is 0. The van der Waals surface area contributed by atoms with Crippen molar-refractivity contribution in [3.05, 3.63) is 65.0 Å². The zero-order valence-corrected chi connectivity index (χ0v) is 16.4. The van der Waals surface area contributed by atoms with Gasteiger partial charge in [0.2, 0.25) is 0 Å². The van der Waals surface area contributed by atoms with Crippen molar-refractivity contribution in [2.24, 2.45) is 5.92 Å². The zero-order valence-electron chi connectivity index (χ0n) is 16.4. The van der Waals surface area contributed by atoms with Crippen LogP contribution in [-0.4, -0.2) is 19.2 Å². The van der Waals surface area contributed by atoms with Crippen LogP contribution in [0.3, 0.4) is 0 Å². The Morgan fingerprint density at radius 2 is 1.73 bits per heavy atom. The van der Waals surface area contributed by atoms with Crippen molar-refractivity contribution in [3.8, 4) is 17.6 Å². The maximum absolute atomic E-state index is 13.1. The van der Waals surface area contributed by atoms with Crippen LogP contribution in [0.2, 0.25) is 0 Å². The van der Waals surface area contributed by atoms with Crippen LogP contribution in [0.4, 0.5) is 13.2 Å². The van der Waals surface area contributed by atoms with E-state index < -0.39 is 35.5 Å². The number of hydrogen-bond donors (Lipinski definition) is 0. The minimum absolute atomic E-state index is 0.417. The zero-order chi connectivity index (χ0) is 21.5. The molecule has 0 saturated carbocycles. The van der Waals surface area contributed by atoms with Gasteiger partial charge in [0.05, 0.1) is 13.2 Å². The second kappa shape index (κ2) is 10.3. The molecule has 0 aromatic heterocycles. The number of unbranched alkanes of at least 4 members (excludes halogenated alkanes) is 1. The van der Waals surface area contributed by atoms with Crippen LogP contribution in [0.25, 0.3) is 0 Å². The minimum atomic E-state index is -1.64. The first-order valence-corrected chi connectivity index (χ1v) is 9.67. The van der Waals surface area contributed by atoms with Crippen LogP contribution >= 0.6 is 0 Å². The Morgan fingerprint density at radius 1 is 1.10 bits per heavy atom. The van der Waals surface area contributed by atoms with E-state index in [0.717, 1.165) is 24.8 Å². The SMILES string of the molecule is CCCCC1COC(c2ccc(C#CC(=O)Oc3cc(F)c(F)c(F)c3)cc2)OC1. The Hall–Kier alpha value is -2.82. The topological polar surface area (TPSA) is 44.8 Å². The summed E-state index contributed by atoms with van der Waals surface area (Å²) in [4.78, 5) is 11.7. The number of ether oxygens (including phenoxy) is 3. The van der Waals surface area contributed by atoms with Gasteiger partial charge in [-0.25, -0.2) is 18.0 Å². The molecule has 1 aliphatic rings. The lowest BCUT2D eigenvalue weighted by molar-refractivity contribution is -0.206. The van der Waals surface area contributed by atoms with Gasteiger partial charge in [0.1, 0.15) is 5.75 Å². The van der Waals surface area contributed by atoms with Crippen LogP contribution in [0.1, 0.15) is 43.6 Å². The Morgan fingerprint density at radius 3 is 2.33 bits per heavy atom. The van der Waals surface area contributed by atoms with Crippen LogP contribution in [-0.2, 0) is 14.3 Å². The molecule has 0 atom stereocenters. The Balaban J connectivity index is 1.55. The van der Waals surface area contributed by atoms with E-state index in [9.17, 15) is 18.0 Å². The number of benzene rings is 2. The molecule has 1 saturated heterocycles. The van der Waals surface area contributed by atoms with E-state index in [1.807, 2.05) is 0 Å². The molecule has 0 bridgehead atoms. The van der Waals surface area contributed by atoms with E-state index in [1.165, 1.54) is 0 Å². The van der Waals surface area contributed by atoms with E-state index >= 15 is 0 Å². The van der Waals surface area contributed by atoms with Crippen molar-refractivity contribution in [1.82, 2.24) is 0 Å². The molecule has 1 fully saturated rings. The van der Waals surface area contributed by atoms with Gasteiger partial charge in [-0.3, -0.25) is 0 Å². The molecule has 30 heavy (non-hydrogen) atoms. The number of halogens is 3. The number of hydrogen-bond acceptors (Lipinski definition) is 4. The number of carbonyl (C=O) groups is 1. The highest BCUT2D eigenvalue weighted by molar-refractivity contribution is 5.90. The first kappa shape index (κ1) is 21.9. The second-order valence-electron chi connectivity index (χ2n) is 6.97. The summed E-state index contributed by atoms with van der Waals surface area (Å²) in [5.74, 6) is -0.809. The Kier molecular flexibility index (Phi) is 7.50. The predicted molar refractivity (Wildman–Crippen MR) is 103 cm³/mol. The molecule has 7 heteroatoms. The largest absolute Gasteiger partial charge is 0.417 e. The predicted octanol–water partition coefficient (Wildman–Crippen LogP) is 4.91. The first-order chi connectivity index (χ1) is 14.5. The van der Waals surface area contributed by atoms with Crippen LogP contribution in [0.5, 0.6) is 5.75 Å². The normalized spacial score (nSPS) is 18.4. The average Bonchev–Trinajstić information content (AvgIpc) is 2.75. The molecule has 4 nitrogen and oxygen atoms in total. The fraction of sp³-hybridized carbons (Fsp3) is 0.348. The molecule has 3 rings (SSSR count). The molecule has 158 valence electrons. The van der Waals surface area contributed by atoms with Crippen LogP contribution < -0.4 is 4.74 Å². The van der Waals surface area contributed by atoms with Gasteiger partial charge in [-0.1, -0.05) is 37.8 Å². The summed E-state index contributed by atoms with van der Waals surface area (Å²) < 4.78 is 55.5. The van der Waals surface area contributed by atoms with Crippen LogP contribution in [0.15, 0.2) is 36.4 Å². The highest BCUT2D eigenvalue weighted by atomic mass is 19.2. The summed E-state index contributed by atoms with van der Waals surface area (Å²) in [5, 5.41) is 0. The number of carbonyl (C=O) groups excluding carboxylic acids is 1. The van der Waals surface area contributed by atoms with Gasteiger partial charge in [-0.2, -0.15) is 0 Å². The maximum Gasteiger partial charge on any atom is 0.390 e. The van der Waals surface area contributed by atoms with Gasteiger partial charge < -0.3 is 14.2 Å². The van der Waals surface area contributed by atoms with Gasteiger partial charge in [0, 0.05) is 35.1 Å². The average molecular weight is 418 g/mol. The molecule has 0 aliphatic carbocycles. The van der Waals surface area contributed by atoms with E-state index in [4.69, 9.17) is 14.2 Å². The lowest BCUT2D eigenvalue weighted by Gasteiger charge is -2.29. The summed E-state index contributed by atoms with van der Waals surface area (Å²) in [6.45, 7) is 3.46. The standard InChI is InChI=1S/C23H21F3O4/c1-2-3-4-16-13-28-23(29-14-16)17-8-5-15(6-9-17)7-10-21(27)30-18-11-19(24)22(26)20(25)12-18/h5-6,8-9,11-12,16,23H,2-4,13-14H2,1H3. The molecule has 0 amide bonds. The van der Waals surface area contributed by atoms with E-state index in [1.54, 1.807) is 24.3 Å². The van der Waals surface area contributed by atoms with Crippen molar-refractivity contribution < 1.29 is 32.2 Å². The molecular formula is C23H21F3O4. The van der Waals surface area contributed by atoms with E-state index in [-0.39, 0.29) is 0 Å². The summed E-state index contributed by atoms with van der Waals surface area (Å²) >= 11 is 0. The summed E-state index contributed by atoms with van der Waals surface area (Å²) in [6.07, 6.45) is 2.96. The lowest BCUT2D eigenvalue weighted by Crippen LogP contribution is -2.27. The molecule has 0 spiro atoms. The molecule has 0 N–H and O–H groups in total. The number of esters is 1. The summed E-state index contributed by atoms with van der Waals surface area (Å²) in [5.41, 5.74) is 1.37. The maximum atomic E-state index is 13.1.